The zero-order valence-electron chi connectivity index (χ0n) is 16.8. The monoisotopic (exact) mass is 385 g/mol. The van der Waals surface area contributed by atoms with Crippen molar-refractivity contribution in [3.63, 3.8) is 0 Å². The number of aromatic nitrogens is 1. The molecule has 146 valence electrons. The first-order chi connectivity index (χ1) is 13.8. The van der Waals surface area contributed by atoms with E-state index in [1.54, 1.807) is 9.80 Å². The molecule has 1 saturated heterocycles. The van der Waals surface area contributed by atoms with Crippen molar-refractivity contribution in [1.29, 1.82) is 0 Å². The number of fused-ring (bicyclic) bond motifs is 3. The molecule has 1 atom stereocenters. The van der Waals surface area contributed by atoms with Crippen molar-refractivity contribution in [2.24, 2.45) is 0 Å². The van der Waals surface area contributed by atoms with Crippen LogP contribution in [0.1, 0.15) is 38.3 Å². The van der Waals surface area contributed by atoms with Gasteiger partial charge in [-0.25, -0.2) is 4.98 Å². The van der Waals surface area contributed by atoms with Crippen LogP contribution in [0.4, 0.5) is 5.82 Å². The van der Waals surface area contributed by atoms with E-state index >= 15 is 0 Å². The molecule has 1 fully saturated rings. The summed E-state index contributed by atoms with van der Waals surface area (Å²) in [6, 6.07) is 19.7. The molecule has 0 saturated carbocycles. The van der Waals surface area contributed by atoms with Crippen LogP contribution in [-0.4, -0.2) is 27.2 Å². The fourth-order valence-corrected chi connectivity index (χ4v) is 4.55. The highest BCUT2D eigenvalue weighted by Crippen LogP contribution is 2.54. The Bertz CT molecular complexity index is 1150. The number of hydrogen-bond donors (Lipinski definition) is 0. The Morgan fingerprint density at radius 1 is 1.00 bits per heavy atom. The van der Waals surface area contributed by atoms with Gasteiger partial charge in [0, 0.05) is 23.0 Å². The summed E-state index contributed by atoms with van der Waals surface area (Å²) in [5, 5.41) is 0.980. The lowest BCUT2D eigenvalue weighted by Crippen LogP contribution is -2.66. The summed E-state index contributed by atoms with van der Waals surface area (Å²) >= 11 is 0. The maximum Gasteiger partial charge on any atom is 0.259 e. The molecule has 2 aromatic carbocycles. The molecule has 1 aromatic heterocycles. The number of nitrogens with zero attached hydrogens (tertiary/aromatic N) is 3. The highest BCUT2D eigenvalue weighted by molar-refractivity contribution is 6.15. The number of carbonyl (C=O) groups excluding carboxylic acids is 2. The number of likely N-dealkylation sites (tertiary alicyclic amines) is 1. The summed E-state index contributed by atoms with van der Waals surface area (Å²) in [5.74, 6) is 0.613. The zero-order valence-corrected chi connectivity index (χ0v) is 16.8. The Hall–Kier alpha value is -3.21. The van der Waals surface area contributed by atoms with E-state index in [9.17, 15) is 9.59 Å². The molecule has 3 aromatic rings. The van der Waals surface area contributed by atoms with Crippen molar-refractivity contribution in [1.82, 2.24) is 9.88 Å². The third-order valence-corrected chi connectivity index (χ3v) is 5.94. The van der Waals surface area contributed by atoms with Crippen LogP contribution in [0, 0.1) is 0 Å². The highest BCUT2D eigenvalue weighted by atomic mass is 16.2. The van der Waals surface area contributed by atoms with Crippen molar-refractivity contribution in [3.05, 3.63) is 71.8 Å². The molecule has 0 unspecified atom stereocenters. The maximum atomic E-state index is 13.8. The minimum atomic E-state index is -0.966. The summed E-state index contributed by atoms with van der Waals surface area (Å²) in [4.78, 5) is 34.9. The standard InChI is InChI=1S/C24H23N3O2/c1-23(2,3)27-21-18(13-17-11-7-8-12-19(17)25-21)24(22(27)29)14-20(28)26(24)15-16-9-5-4-6-10-16/h4-13H,14-15H2,1-3H3/t24-/m1/s1. The third kappa shape index (κ3) is 2.43. The molecule has 2 amide bonds. The molecular weight excluding hydrogens is 362 g/mol. The number of pyridine rings is 1. The summed E-state index contributed by atoms with van der Waals surface area (Å²) in [6.45, 7) is 6.43. The fourth-order valence-electron chi connectivity index (χ4n) is 4.55. The predicted molar refractivity (Wildman–Crippen MR) is 112 cm³/mol. The Kier molecular flexibility index (Phi) is 3.63. The quantitative estimate of drug-likeness (QED) is 0.627. The number of rotatable bonds is 2. The molecule has 3 heterocycles. The number of β-lactam (4-membered cyclic amide) rings is 1. The Morgan fingerprint density at radius 3 is 2.38 bits per heavy atom. The SMILES string of the molecule is CC(C)(C)N1C(=O)[C@@]2(CC(=O)N2Cc2ccccc2)c2cc3ccccc3nc21. The fraction of sp³-hybridized carbons (Fsp3) is 0.292. The van der Waals surface area contributed by atoms with E-state index in [2.05, 4.69) is 0 Å². The summed E-state index contributed by atoms with van der Waals surface area (Å²) in [5.41, 5.74) is 1.29. The maximum absolute atomic E-state index is 13.8. The molecule has 0 bridgehead atoms. The Morgan fingerprint density at radius 2 is 1.69 bits per heavy atom. The third-order valence-electron chi connectivity index (χ3n) is 5.94. The number of anilines is 1. The van der Waals surface area contributed by atoms with E-state index in [1.807, 2.05) is 81.4 Å². The van der Waals surface area contributed by atoms with Crippen LogP contribution in [-0.2, 0) is 21.7 Å². The molecule has 1 spiro atoms. The van der Waals surface area contributed by atoms with Crippen LogP contribution in [0.15, 0.2) is 60.7 Å². The molecule has 5 heteroatoms. The van der Waals surface area contributed by atoms with Crippen molar-refractivity contribution in [2.75, 3.05) is 4.90 Å². The van der Waals surface area contributed by atoms with Gasteiger partial charge in [-0.1, -0.05) is 48.5 Å². The molecule has 5 nitrogen and oxygen atoms in total. The molecule has 0 aliphatic carbocycles. The van der Waals surface area contributed by atoms with Crippen molar-refractivity contribution in [3.8, 4) is 0 Å². The normalized spacial score (nSPS) is 21.1. The lowest BCUT2D eigenvalue weighted by Gasteiger charge is -2.49. The van der Waals surface area contributed by atoms with Crippen LogP contribution < -0.4 is 4.90 Å². The molecule has 0 radical (unpaired) electrons. The lowest BCUT2D eigenvalue weighted by molar-refractivity contribution is -0.166. The van der Waals surface area contributed by atoms with E-state index in [1.165, 1.54) is 0 Å². The van der Waals surface area contributed by atoms with Gasteiger partial charge in [-0.15, -0.1) is 0 Å². The van der Waals surface area contributed by atoms with Gasteiger partial charge in [0.2, 0.25) is 5.91 Å². The van der Waals surface area contributed by atoms with Crippen molar-refractivity contribution in [2.45, 2.75) is 44.8 Å². The van der Waals surface area contributed by atoms with Gasteiger partial charge >= 0.3 is 0 Å². The molecule has 0 N–H and O–H groups in total. The van der Waals surface area contributed by atoms with Crippen LogP contribution in [0.2, 0.25) is 0 Å². The zero-order chi connectivity index (χ0) is 20.4. The smallest absolute Gasteiger partial charge is 0.259 e. The molecule has 2 aliphatic heterocycles. The van der Waals surface area contributed by atoms with Gasteiger partial charge in [-0.3, -0.25) is 14.5 Å². The largest absolute Gasteiger partial charge is 0.319 e. The number of carbonyl (C=O) groups is 2. The summed E-state index contributed by atoms with van der Waals surface area (Å²) in [6.07, 6.45) is 0.193. The molecule has 2 aliphatic rings. The van der Waals surface area contributed by atoms with Crippen molar-refractivity contribution < 1.29 is 9.59 Å². The Labute approximate surface area is 170 Å². The number of benzene rings is 2. The predicted octanol–water partition coefficient (Wildman–Crippen LogP) is 4.01. The second-order valence-electron chi connectivity index (χ2n) is 8.87. The van der Waals surface area contributed by atoms with Crippen LogP contribution in [0.5, 0.6) is 0 Å². The average molecular weight is 385 g/mol. The second-order valence-corrected chi connectivity index (χ2v) is 8.87. The van der Waals surface area contributed by atoms with Gasteiger partial charge in [0.25, 0.3) is 5.91 Å². The highest BCUT2D eigenvalue weighted by Gasteiger charge is 2.65. The topological polar surface area (TPSA) is 53.5 Å². The van der Waals surface area contributed by atoms with Gasteiger partial charge in [-0.2, -0.15) is 0 Å². The Balaban J connectivity index is 1.70. The molecular formula is C24H23N3O2. The average Bonchev–Trinajstić information content (AvgIpc) is 2.94. The van der Waals surface area contributed by atoms with E-state index in [-0.39, 0.29) is 18.2 Å². The van der Waals surface area contributed by atoms with E-state index < -0.39 is 11.1 Å². The van der Waals surface area contributed by atoms with Crippen LogP contribution in [0.3, 0.4) is 0 Å². The van der Waals surface area contributed by atoms with Gasteiger partial charge in [-0.05, 0) is 38.5 Å². The van der Waals surface area contributed by atoms with Crippen LogP contribution >= 0.6 is 0 Å². The van der Waals surface area contributed by atoms with Crippen LogP contribution in [0.25, 0.3) is 10.9 Å². The summed E-state index contributed by atoms with van der Waals surface area (Å²) < 4.78 is 0. The van der Waals surface area contributed by atoms with E-state index in [4.69, 9.17) is 4.98 Å². The minimum Gasteiger partial charge on any atom is -0.319 e. The number of hydrogen-bond acceptors (Lipinski definition) is 3. The van der Waals surface area contributed by atoms with Gasteiger partial charge in [0.15, 0.2) is 5.54 Å². The second kappa shape index (κ2) is 5.89. The minimum absolute atomic E-state index is 0.00271. The molecule has 29 heavy (non-hydrogen) atoms. The number of amides is 2. The first-order valence-corrected chi connectivity index (χ1v) is 9.92. The van der Waals surface area contributed by atoms with E-state index in [0.29, 0.717) is 12.4 Å². The number of para-hydroxylation sites is 1. The van der Waals surface area contributed by atoms with Gasteiger partial charge in [0.1, 0.15) is 5.82 Å². The van der Waals surface area contributed by atoms with Gasteiger partial charge < -0.3 is 4.90 Å². The first kappa shape index (κ1) is 17.9. The van der Waals surface area contributed by atoms with Crippen molar-refractivity contribution >= 4 is 28.5 Å². The first-order valence-electron chi connectivity index (χ1n) is 9.92. The van der Waals surface area contributed by atoms with Gasteiger partial charge in [0.05, 0.1) is 11.9 Å². The van der Waals surface area contributed by atoms with E-state index in [0.717, 1.165) is 22.0 Å². The molecule has 5 rings (SSSR count). The summed E-state index contributed by atoms with van der Waals surface area (Å²) in [7, 11) is 0. The lowest BCUT2D eigenvalue weighted by atomic mass is 9.78.